The van der Waals surface area contributed by atoms with Crippen LogP contribution in [0.4, 0.5) is 15.3 Å². The molecule has 38 heavy (non-hydrogen) atoms. The van der Waals surface area contributed by atoms with Crippen LogP contribution in [0.15, 0.2) is 42.6 Å². The summed E-state index contributed by atoms with van der Waals surface area (Å²) in [4.78, 5) is 43.7. The molecule has 5 rings (SSSR count). The van der Waals surface area contributed by atoms with Gasteiger partial charge < -0.3 is 19.7 Å². The number of hydrogen-bond donors (Lipinski definition) is 1. The molecular weight excluding hydrogens is 486 g/mol. The minimum Gasteiger partial charge on any atom is -0.444 e. The standard InChI is InChI=1S/C28H31N5O5/c1-17(34)30-12-21-13-33(26(36)37-21)20-8-5-18(6-9-20)19-7-10-24(31-11-19)28(16-29)22-14-32(15-23(22)28)25(35)38-27(2,3)4/h5-11,21-23H,12-15H2,1-4H3,(H,30,34)/t21-,22-,23+,28?/m0/s1. The summed E-state index contributed by atoms with van der Waals surface area (Å²) < 4.78 is 10.8. The Balaban J connectivity index is 1.23. The normalized spacial score (nSPS) is 25.9. The Hall–Kier alpha value is -4.13. The monoisotopic (exact) mass is 517 g/mol. The second-order valence-electron chi connectivity index (χ2n) is 11.1. The number of benzene rings is 1. The number of hydrogen-bond acceptors (Lipinski definition) is 7. The lowest BCUT2D eigenvalue weighted by Crippen LogP contribution is -2.39. The van der Waals surface area contributed by atoms with Crippen molar-refractivity contribution in [1.29, 1.82) is 5.26 Å². The number of cyclic esters (lactones) is 1. The third-order valence-corrected chi connectivity index (χ3v) is 7.37. The van der Waals surface area contributed by atoms with Crippen LogP contribution in [0.3, 0.4) is 0 Å². The molecule has 2 aromatic rings. The lowest BCUT2D eigenvalue weighted by molar-refractivity contribution is -0.119. The number of pyridine rings is 1. The maximum absolute atomic E-state index is 12.4. The molecule has 4 atom stereocenters. The summed E-state index contributed by atoms with van der Waals surface area (Å²) in [5.74, 6) is -0.0727. The van der Waals surface area contributed by atoms with Gasteiger partial charge >= 0.3 is 12.2 Å². The quantitative estimate of drug-likeness (QED) is 0.644. The van der Waals surface area contributed by atoms with Crippen molar-refractivity contribution in [3.05, 3.63) is 48.3 Å². The molecule has 1 saturated carbocycles. The summed E-state index contributed by atoms with van der Waals surface area (Å²) >= 11 is 0. The Labute approximate surface area is 221 Å². The van der Waals surface area contributed by atoms with Crippen LogP contribution in [0.25, 0.3) is 11.1 Å². The first-order valence-electron chi connectivity index (χ1n) is 12.7. The largest absolute Gasteiger partial charge is 0.444 e. The fourth-order valence-electron chi connectivity index (χ4n) is 5.45. The van der Waals surface area contributed by atoms with E-state index in [1.54, 1.807) is 16.0 Å². The fourth-order valence-corrected chi connectivity index (χ4v) is 5.45. The van der Waals surface area contributed by atoms with Crippen molar-refractivity contribution in [2.75, 3.05) is 31.1 Å². The number of piperidine rings is 1. The van der Waals surface area contributed by atoms with E-state index in [1.165, 1.54) is 6.92 Å². The van der Waals surface area contributed by atoms with E-state index in [0.29, 0.717) is 25.3 Å². The summed E-state index contributed by atoms with van der Waals surface area (Å²) in [7, 11) is 0. The van der Waals surface area contributed by atoms with Crippen molar-refractivity contribution in [3.63, 3.8) is 0 Å². The van der Waals surface area contributed by atoms with Crippen LogP contribution in [0.5, 0.6) is 0 Å². The number of amides is 3. The number of nitrogens with zero attached hydrogens (tertiary/aromatic N) is 4. The van der Waals surface area contributed by atoms with Crippen LogP contribution in [-0.2, 0) is 19.7 Å². The van der Waals surface area contributed by atoms with Gasteiger partial charge in [-0.3, -0.25) is 14.7 Å². The molecule has 3 amide bonds. The number of fused-ring (bicyclic) bond motifs is 1. The van der Waals surface area contributed by atoms with Crippen molar-refractivity contribution in [2.24, 2.45) is 11.8 Å². The molecule has 10 heteroatoms. The zero-order chi connectivity index (χ0) is 27.2. The van der Waals surface area contributed by atoms with Crippen LogP contribution >= 0.6 is 0 Å². The number of ether oxygens (including phenoxy) is 2. The van der Waals surface area contributed by atoms with Crippen molar-refractivity contribution in [2.45, 2.75) is 44.8 Å². The van der Waals surface area contributed by atoms with Gasteiger partial charge in [0, 0.05) is 49.3 Å². The maximum Gasteiger partial charge on any atom is 0.414 e. The Kier molecular flexibility index (Phi) is 6.25. The highest BCUT2D eigenvalue weighted by atomic mass is 16.6. The number of carbonyl (C=O) groups excluding carboxylic acids is 3. The first-order chi connectivity index (χ1) is 18.0. The number of carbonyl (C=O) groups is 3. The van der Waals surface area contributed by atoms with Crippen LogP contribution in [0, 0.1) is 23.2 Å². The molecule has 0 bridgehead atoms. The van der Waals surface area contributed by atoms with Gasteiger partial charge in [0.15, 0.2) is 0 Å². The Bertz CT molecular complexity index is 1280. The topological polar surface area (TPSA) is 125 Å². The zero-order valence-corrected chi connectivity index (χ0v) is 21.9. The first-order valence-corrected chi connectivity index (χ1v) is 12.7. The van der Waals surface area contributed by atoms with E-state index in [0.717, 1.165) is 16.8 Å². The molecular formula is C28H31N5O5. The van der Waals surface area contributed by atoms with Crippen LogP contribution in [-0.4, -0.2) is 65.9 Å². The minimum atomic E-state index is -0.676. The van der Waals surface area contributed by atoms with Gasteiger partial charge in [0.05, 0.1) is 24.9 Å². The van der Waals surface area contributed by atoms with Crippen molar-refractivity contribution in [1.82, 2.24) is 15.2 Å². The van der Waals surface area contributed by atoms with Crippen molar-refractivity contribution >= 4 is 23.8 Å². The average molecular weight is 518 g/mol. The predicted octanol–water partition coefficient (Wildman–Crippen LogP) is 3.47. The van der Waals surface area contributed by atoms with Gasteiger partial charge in [-0.1, -0.05) is 18.2 Å². The molecule has 0 spiro atoms. The molecule has 2 aliphatic heterocycles. The number of nitrogens with one attached hydrogen (secondary N) is 1. The van der Waals surface area contributed by atoms with E-state index in [2.05, 4.69) is 16.4 Å². The number of nitriles is 1. The number of rotatable bonds is 5. The second kappa shape index (κ2) is 9.31. The summed E-state index contributed by atoms with van der Waals surface area (Å²) in [6.45, 7) is 8.55. The van der Waals surface area contributed by atoms with Gasteiger partial charge in [-0.25, -0.2) is 9.59 Å². The molecule has 1 N–H and O–H groups in total. The predicted molar refractivity (Wildman–Crippen MR) is 138 cm³/mol. The fraction of sp³-hybridized carbons (Fsp3) is 0.464. The van der Waals surface area contributed by atoms with Gasteiger partial charge in [0.2, 0.25) is 5.91 Å². The van der Waals surface area contributed by atoms with Crippen LogP contribution < -0.4 is 10.2 Å². The van der Waals surface area contributed by atoms with E-state index >= 15 is 0 Å². The summed E-state index contributed by atoms with van der Waals surface area (Å²) in [6, 6.07) is 13.8. The van der Waals surface area contributed by atoms with Gasteiger partial charge in [0.1, 0.15) is 17.1 Å². The molecule has 3 heterocycles. The Morgan fingerprint density at radius 3 is 2.34 bits per heavy atom. The van der Waals surface area contributed by atoms with Gasteiger partial charge in [-0.15, -0.1) is 0 Å². The highest BCUT2D eigenvalue weighted by molar-refractivity contribution is 5.90. The summed E-state index contributed by atoms with van der Waals surface area (Å²) in [6.07, 6.45) is 0.583. The number of anilines is 1. The average Bonchev–Trinajstić information content (AvgIpc) is 3.15. The van der Waals surface area contributed by atoms with Gasteiger partial charge in [-0.05, 0) is 44.5 Å². The first kappa shape index (κ1) is 25.5. The molecule has 3 aliphatic rings. The van der Waals surface area contributed by atoms with Gasteiger partial charge in [-0.2, -0.15) is 5.26 Å². The number of aromatic nitrogens is 1. The maximum atomic E-state index is 12.4. The molecule has 1 aromatic carbocycles. The van der Waals surface area contributed by atoms with Crippen LogP contribution in [0.1, 0.15) is 33.4 Å². The molecule has 10 nitrogen and oxygen atoms in total. The van der Waals surface area contributed by atoms with E-state index in [-0.39, 0.29) is 30.4 Å². The Morgan fingerprint density at radius 1 is 1.13 bits per heavy atom. The molecule has 1 unspecified atom stereocenters. The lowest BCUT2D eigenvalue weighted by Gasteiger charge is -2.27. The SMILES string of the molecule is CC(=O)NC[C@H]1CN(c2ccc(-c3ccc(C4(C#N)[C@@H]5CN(C(=O)OC(C)(C)C)C[C@@H]54)nc3)cc2)C(=O)O1. The molecule has 0 radical (unpaired) electrons. The molecule has 1 aromatic heterocycles. The molecule has 1 aliphatic carbocycles. The third-order valence-electron chi connectivity index (χ3n) is 7.37. The highest BCUT2D eigenvalue weighted by Gasteiger charge is 2.71. The highest BCUT2D eigenvalue weighted by Crippen LogP contribution is 2.62. The van der Waals surface area contributed by atoms with E-state index in [1.807, 2.05) is 57.2 Å². The number of likely N-dealkylation sites (tertiary alicyclic amines) is 1. The molecule has 2 saturated heterocycles. The zero-order valence-electron chi connectivity index (χ0n) is 21.9. The summed E-state index contributed by atoms with van der Waals surface area (Å²) in [5.41, 5.74) is 2.02. The van der Waals surface area contributed by atoms with E-state index < -0.39 is 23.2 Å². The lowest BCUT2D eigenvalue weighted by atomic mass is 9.95. The molecule has 3 fully saturated rings. The second-order valence-corrected chi connectivity index (χ2v) is 11.1. The van der Waals surface area contributed by atoms with Gasteiger partial charge in [0.25, 0.3) is 0 Å². The Morgan fingerprint density at radius 2 is 1.79 bits per heavy atom. The van der Waals surface area contributed by atoms with E-state index in [9.17, 15) is 19.6 Å². The van der Waals surface area contributed by atoms with Crippen molar-refractivity contribution < 1.29 is 23.9 Å². The third kappa shape index (κ3) is 4.64. The van der Waals surface area contributed by atoms with Crippen molar-refractivity contribution in [3.8, 4) is 17.2 Å². The smallest absolute Gasteiger partial charge is 0.414 e. The molecule has 198 valence electrons. The minimum absolute atomic E-state index is 0.0485. The van der Waals surface area contributed by atoms with Crippen LogP contribution in [0.2, 0.25) is 0 Å². The summed E-state index contributed by atoms with van der Waals surface area (Å²) in [5, 5.41) is 12.7. The van der Waals surface area contributed by atoms with E-state index in [4.69, 9.17) is 9.47 Å².